The van der Waals surface area contributed by atoms with Crippen LogP contribution in [0.4, 0.5) is 0 Å². The highest BCUT2D eigenvalue weighted by atomic mass is 16.5. The number of hydrogen-bond acceptors (Lipinski definition) is 6. The number of piperidine rings is 1. The van der Waals surface area contributed by atoms with Gasteiger partial charge in [-0.3, -0.25) is 4.79 Å². The lowest BCUT2D eigenvalue weighted by Crippen LogP contribution is -2.39. The average Bonchev–Trinajstić information content (AvgIpc) is 3.35. The number of pyridine rings is 1. The quantitative estimate of drug-likeness (QED) is 0.820. The molecule has 0 saturated carbocycles. The van der Waals surface area contributed by atoms with Crippen LogP contribution >= 0.6 is 0 Å². The van der Waals surface area contributed by atoms with Crippen molar-refractivity contribution in [2.24, 2.45) is 0 Å². The molecule has 1 fully saturated rings. The summed E-state index contributed by atoms with van der Waals surface area (Å²) in [7, 11) is 1.57. The van der Waals surface area contributed by atoms with Crippen LogP contribution in [0.15, 0.2) is 10.6 Å². The van der Waals surface area contributed by atoms with Crippen LogP contribution < -0.4 is 4.74 Å². The topological polar surface area (TPSA) is 81.4 Å². The SMILES string of the molecule is COc1nc2c(cc1C(=O)N1CCCC[C@@H]1c1nc(C(C)C)no1)CCC2. The Balaban J connectivity index is 1.66. The van der Waals surface area contributed by atoms with Crippen LogP contribution in [-0.4, -0.2) is 39.6 Å². The molecule has 0 spiro atoms. The number of amides is 1. The molecule has 0 unspecified atom stereocenters. The van der Waals surface area contributed by atoms with E-state index in [4.69, 9.17) is 9.26 Å². The fourth-order valence-electron chi connectivity index (χ4n) is 3.97. The number of likely N-dealkylation sites (tertiary alicyclic amines) is 1. The first-order valence-corrected chi connectivity index (χ1v) is 9.79. The number of hydrogen-bond donors (Lipinski definition) is 0. The summed E-state index contributed by atoms with van der Waals surface area (Å²) in [6.45, 7) is 4.72. The number of methoxy groups -OCH3 is 1. The Morgan fingerprint density at radius 2 is 2.11 bits per heavy atom. The van der Waals surface area contributed by atoms with Crippen molar-refractivity contribution in [3.63, 3.8) is 0 Å². The van der Waals surface area contributed by atoms with Crippen molar-refractivity contribution in [2.45, 2.75) is 64.3 Å². The molecule has 4 rings (SSSR count). The lowest BCUT2D eigenvalue weighted by Gasteiger charge is -2.33. The fraction of sp³-hybridized carbons (Fsp3) is 0.600. The predicted octanol–water partition coefficient (Wildman–Crippen LogP) is 3.45. The van der Waals surface area contributed by atoms with Gasteiger partial charge >= 0.3 is 0 Å². The molecule has 7 heteroatoms. The zero-order valence-corrected chi connectivity index (χ0v) is 16.2. The molecule has 2 aromatic heterocycles. The lowest BCUT2D eigenvalue weighted by atomic mass is 10.00. The third-order valence-electron chi connectivity index (χ3n) is 5.46. The van der Waals surface area contributed by atoms with Crippen LogP contribution in [0.2, 0.25) is 0 Å². The molecule has 0 bridgehead atoms. The van der Waals surface area contributed by atoms with Gasteiger partial charge in [-0.1, -0.05) is 19.0 Å². The molecule has 1 amide bonds. The van der Waals surface area contributed by atoms with E-state index in [9.17, 15) is 4.79 Å². The number of ether oxygens (including phenoxy) is 1. The smallest absolute Gasteiger partial charge is 0.260 e. The van der Waals surface area contributed by atoms with Gasteiger partial charge in [-0.25, -0.2) is 4.98 Å². The van der Waals surface area contributed by atoms with Crippen molar-refractivity contribution < 1.29 is 14.1 Å². The summed E-state index contributed by atoms with van der Waals surface area (Å²) in [6.07, 6.45) is 5.83. The summed E-state index contributed by atoms with van der Waals surface area (Å²) in [5.74, 6) is 1.75. The summed E-state index contributed by atoms with van der Waals surface area (Å²) >= 11 is 0. The summed E-state index contributed by atoms with van der Waals surface area (Å²) in [5, 5.41) is 4.08. The van der Waals surface area contributed by atoms with Crippen LogP contribution in [0.1, 0.15) is 84.8 Å². The molecule has 1 aliphatic carbocycles. The van der Waals surface area contributed by atoms with Crippen LogP contribution in [0, 0.1) is 0 Å². The minimum atomic E-state index is -0.191. The van der Waals surface area contributed by atoms with Crippen molar-refractivity contribution in [1.82, 2.24) is 20.0 Å². The third-order valence-corrected chi connectivity index (χ3v) is 5.46. The molecule has 7 nitrogen and oxygen atoms in total. The Labute approximate surface area is 159 Å². The lowest BCUT2D eigenvalue weighted by molar-refractivity contribution is 0.0557. The number of fused-ring (bicyclic) bond motifs is 1. The van der Waals surface area contributed by atoms with Gasteiger partial charge in [0.25, 0.3) is 5.91 Å². The van der Waals surface area contributed by atoms with Crippen LogP contribution in [0.25, 0.3) is 0 Å². The molecule has 144 valence electrons. The first-order valence-electron chi connectivity index (χ1n) is 9.79. The van der Waals surface area contributed by atoms with Crippen LogP contribution in [0.5, 0.6) is 5.88 Å². The van der Waals surface area contributed by atoms with Gasteiger partial charge in [0.15, 0.2) is 5.82 Å². The number of carbonyl (C=O) groups excluding carboxylic acids is 1. The largest absolute Gasteiger partial charge is 0.480 e. The molecular weight excluding hydrogens is 344 g/mol. The normalized spacial score (nSPS) is 19.4. The first-order chi connectivity index (χ1) is 13.1. The highest BCUT2D eigenvalue weighted by Crippen LogP contribution is 2.34. The predicted molar refractivity (Wildman–Crippen MR) is 98.8 cm³/mol. The number of carbonyl (C=O) groups is 1. The van der Waals surface area contributed by atoms with Gasteiger partial charge in [0.2, 0.25) is 11.8 Å². The maximum atomic E-state index is 13.4. The molecule has 1 atom stereocenters. The van der Waals surface area contributed by atoms with E-state index < -0.39 is 0 Å². The Hall–Kier alpha value is -2.44. The van der Waals surface area contributed by atoms with Crippen molar-refractivity contribution in [3.05, 3.63) is 34.6 Å². The van der Waals surface area contributed by atoms with Crippen molar-refractivity contribution in [1.29, 1.82) is 0 Å². The van der Waals surface area contributed by atoms with Gasteiger partial charge < -0.3 is 14.2 Å². The van der Waals surface area contributed by atoms with Gasteiger partial charge in [-0.15, -0.1) is 0 Å². The Morgan fingerprint density at radius 3 is 2.85 bits per heavy atom. The molecule has 0 N–H and O–H groups in total. The molecule has 2 aliphatic rings. The number of aromatic nitrogens is 3. The van der Waals surface area contributed by atoms with Gasteiger partial charge in [-0.2, -0.15) is 4.98 Å². The first kappa shape index (κ1) is 17.9. The fourth-order valence-corrected chi connectivity index (χ4v) is 3.97. The van der Waals surface area contributed by atoms with Gasteiger partial charge in [0, 0.05) is 18.2 Å². The monoisotopic (exact) mass is 370 g/mol. The second-order valence-electron chi connectivity index (χ2n) is 7.66. The van der Waals surface area contributed by atoms with Crippen molar-refractivity contribution in [3.8, 4) is 5.88 Å². The minimum absolute atomic E-state index is 0.0666. The minimum Gasteiger partial charge on any atom is -0.480 e. The van der Waals surface area contributed by atoms with E-state index >= 15 is 0 Å². The maximum Gasteiger partial charge on any atom is 0.260 e. The Morgan fingerprint density at radius 1 is 1.26 bits per heavy atom. The second kappa shape index (κ2) is 7.29. The zero-order chi connectivity index (χ0) is 19.0. The van der Waals surface area contributed by atoms with Crippen LogP contribution in [-0.2, 0) is 12.8 Å². The molecule has 27 heavy (non-hydrogen) atoms. The van der Waals surface area contributed by atoms with E-state index in [1.165, 1.54) is 0 Å². The molecule has 3 heterocycles. The van der Waals surface area contributed by atoms with E-state index in [2.05, 4.69) is 15.1 Å². The standard InChI is InChI=1S/C20H26N4O3/c1-12(2)17-22-19(27-23-17)16-9-4-5-10-24(16)20(25)14-11-13-7-6-8-15(13)21-18(14)26-3/h11-12,16H,4-10H2,1-3H3/t16-/m1/s1. The van der Waals surface area contributed by atoms with Crippen LogP contribution in [0.3, 0.4) is 0 Å². The van der Waals surface area contributed by atoms with Gasteiger partial charge in [0.1, 0.15) is 11.6 Å². The second-order valence-corrected chi connectivity index (χ2v) is 7.66. The van der Waals surface area contributed by atoms with E-state index in [0.717, 1.165) is 49.8 Å². The number of aryl methyl sites for hydroxylation is 2. The van der Waals surface area contributed by atoms with E-state index in [-0.39, 0.29) is 17.9 Å². The van der Waals surface area contributed by atoms with E-state index in [0.29, 0.717) is 29.7 Å². The Kier molecular flexibility index (Phi) is 4.85. The summed E-state index contributed by atoms with van der Waals surface area (Å²) in [6, 6.07) is 1.78. The number of rotatable bonds is 4. The average molecular weight is 370 g/mol. The molecular formula is C20H26N4O3. The van der Waals surface area contributed by atoms with E-state index in [1.807, 2.05) is 24.8 Å². The molecule has 0 radical (unpaired) electrons. The third kappa shape index (κ3) is 3.31. The summed E-state index contributed by atoms with van der Waals surface area (Å²) < 4.78 is 11.0. The highest BCUT2D eigenvalue weighted by Gasteiger charge is 2.35. The Bertz CT molecular complexity index is 846. The zero-order valence-electron chi connectivity index (χ0n) is 16.2. The number of nitrogens with zero attached hydrogens (tertiary/aromatic N) is 4. The molecule has 2 aromatic rings. The van der Waals surface area contributed by atoms with Crippen molar-refractivity contribution >= 4 is 5.91 Å². The molecule has 1 saturated heterocycles. The highest BCUT2D eigenvalue weighted by molar-refractivity contribution is 5.97. The van der Waals surface area contributed by atoms with Crippen molar-refractivity contribution in [2.75, 3.05) is 13.7 Å². The van der Waals surface area contributed by atoms with Gasteiger partial charge in [-0.05, 0) is 50.2 Å². The summed E-state index contributed by atoms with van der Waals surface area (Å²) in [4.78, 5) is 24.4. The van der Waals surface area contributed by atoms with E-state index in [1.54, 1.807) is 7.11 Å². The van der Waals surface area contributed by atoms with Gasteiger partial charge in [0.05, 0.1) is 7.11 Å². The summed E-state index contributed by atoms with van der Waals surface area (Å²) in [5.41, 5.74) is 2.75. The molecule has 0 aromatic carbocycles. The molecule has 1 aliphatic heterocycles. The maximum absolute atomic E-state index is 13.4.